The predicted molar refractivity (Wildman–Crippen MR) is 65.1 cm³/mol. The van der Waals surface area contributed by atoms with Gasteiger partial charge in [-0.15, -0.1) is 0 Å². The van der Waals surface area contributed by atoms with Crippen LogP contribution in [0.2, 0.25) is 0 Å². The highest BCUT2D eigenvalue weighted by molar-refractivity contribution is 5.80. The minimum Gasteiger partial charge on any atom is -0.452 e. The van der Waals surface area contributed by atoms with E-state index < -0.39 is 17.2 Å². The molecule has 0 aromatic rings. The fourth-order valence-electron chi connectivity index (χ4n) is 2.80. The molecular weight excluding hydrogens is 236 g/mol. The summed E-state index contributed by atoms with van der Waals surface area (Å²) >= 11 is 0. The van der Waals surface area contributed by atoms with Crippen LogP contribution in [0.15, 0.2) is 0 Å². The van der Waals surface area contributed by atoms with Crippen molar-refractivity contribution in [2.45, 2.75) is 57.7 Å². The smallest absolute Gasteiger partial charge is 0.416 e. The monoisotopic (exact) mass is 258 g/mol. The Morgan fingerprint density at radius 1 is 1.33 bits per heavy atom. The lowest BCUT2D eigenvalue weighted by atomic mass is 9.78. The summed E-state index contributed by atoms with van der Waals surface area (Å²) < 4.78 is 4.60. The van der Waals surface area contributed by atoms with Crippen LogP contribution in [0.3, 0.4) is 0 Å². The van der Waals surface area contributed by atoms with Crippen molar-refractivity contribution in [1.29, 1.82) is 0 Å². The Morgan fingerprint density at radius 3 is 2.11 bits per heavy atom. The number of hydrogen-bond donors (Lipinski definition) is 1. The van der Waals surface area contributed by atoms with Gasteiger partial charge in [-0.2, -0.15) is 5.06 Å². The van der Waals surface area contributed by atoms with Crippen LogP contribution in [0.25, 0.3) is 0 Å². The van der Waals surface area contributed by atoms with Crippen LogP contribution in [0.1, 0.15) is 40.5 Å². The summed E-state index contributed by atoms with van der Waals surface area (Å²) in [6.45, 7) is 7.50. The van der Waals surface area contributed by atoms with E-state index in [-0.39, 0.29) is 6.04 Å². The Bertz CT molecular complexity index is 323. The zero-order valence-electron chi connectivity index (χ0n) is 11.6. The van der Waals surface area contributed by atoms with E-state index in [9.17, 15) is 14.8 Å². The zero-order chi connectivity index (χ0) is 14.1. The first kappa shape index (κ1) is 14.9. The minimum absolute atomic E-state index is 0.275. The van der Waals surface area contributed by atoms with Gasteiger partial charge in [0.05, 0.1) is 7.11 Å². The molecule has 0 spiro atoms. The number of amides is 2. The van der Waals surface area contributed by atoms with Gasteiger partial charge in [-0.25, -0.2) is 9.69 Å². The number of rotatable bonds is 2. The molecule has 1 heterocycles. The number of piperidine rings is 1. The van der Waals surface area contributed by atoms with E-state index in [2.05, 4.69) is 4.74 Å². The van der Waals surface area contributed by atoms with Gasteiger partial charge >= 0.3 is 6.09 Å². The highest BCUT2D eigenvalue weighted by Gasteiger charge is 2.47. The number of imide groups is 1. The highest BCUT2D eigenvalue weighted by atomic mass is 16.5. The summed E-state index contributed by atoms with van der Waals surface area (Å²) in [5.41, 5.74) is -1.02. The molecule has 2 amide bonds. The molecule has 0 aromatic carbocycles. The molecule has 1 N–H and O–H groups in total. The van der Waals surface area contributed by atoms with Crippen molar-refractivity contribution < 1.29 is 19.5 Å². The molecule has 6 heteroatoms. The molecule has 0 aliphatic carbocycles. The summed E-state index contributed by atoms with van der Waals surface area (Å²) in [5, 5.41) is 11.4. The van der Waals surface area contributed by atoms with Crippen molar-refractivity contribution in [1.82, 2.24) is 9.96 Å². The number of carbonyl (C=O) groups is 2. The molecule has 0 unspecified atom stereocenters. The van der Waals surface area contributed by atoms with Crippen molar-refractivity contribution in [3.63, 3.8) is 0 Å². The minimum atomic E-state index is -0.659. The average Bonchev–Trinajstić information content (AvgIpc) is 2.25. The van der Waals surface area contributed by atoms with Gasteiger partial charge in [-0.05, 0) is 40.5 Å². The first-order valence-corrected chi connectivity index (χ1v) is 5.96. The van der Waals surface area contributed by atoms with Crippen LogP contribution in [0, 0.1) is 0 Å². The fraction of sp³-hybridized carbons (Fsp3) is 0.833. The summed E-state index contributed by atoms with van der Waals surface area (Å²) in [6, 6.07) is -0.275. The van der Waals surface area contributed by atoms with E-state index in [1.807, 2.05) is 27.7 Å². The van der Waals surface area contributed by atoms with Crippen LogP contribution in [-0.2, 0) is 9.53 Å². The molecule has 0 bridgehead atoms. The van der Waals surface area contributed by atoms with Gasteiger partial charge in [0.15, 0.2) is 0 Å². The van der Waals surface area contributed by atoms with Gasteiger partial charge in [-0.1, -0.05) is 0 Å². The Hall–Kier alpha value is -1.14. The molecule has 1 aliphatic rings. The third-order valence-electron chi connectivity index (χ3n) is 3.51. The van der Waals surface area contributed by atoms with Crippen molar-refractivity contribution in [3.8, 4) is 0 Å². The Labute approximate surface area is 107 Å². The van der Waals surface area contributed by atoms with Crippen molar-refractivity contribution in [2.24, 2.45) is 0 Å². The van der Waals surface area contributed by atoms with E-state index in [1.54, 1.807) is 0 Å². The first-order chi connectivity index (χ1) is 8.15. The van der Waals surface area contributed by atoms with Crippen LogP contribution in [0.5, 0.6) is 0 Å². The number of hydrogen-bond acceptors (Lipinski definition) is 5. The second-order valence-electron chi connectivity index (χ2n) is 5.98. The maximum Gasteiger partial charge on any atom is 0.416 e. The fourth-order valence-corrected chi connectivity index (χ4v) is 2.80. The molecule has 0 atom stereocenters. The lowest BCUT2D eigenvalue weighted by molar-refractivity contribution is -0.249. The molecule has 1 aliphatic heterocycles. The Morgan fingerprint density at radius 2 is 1.78 bits per heavy atom. The maximum absolute atomic E-state index is 11.5. The maximum atomic E-state index is 11.5. The number of ether oxygens (including phenoxy) is 1. The quantitative estimate of drug-likeness (QED) is 0.762. The number of nitrogens with zero attached hydrogens (tertiary/aromatic N) is 2. The van der Waals surface area contributed by atoms with Crippen molar-refractivity contribution in [3.05, 3.63) is 0 Å². The second kappa shape index (κ2) is 4.85. The van der Waals surface area contributed by atoms with Gasteiger partial charge < -0.3 is 9.94 Å². The lowest BCUT2D eigenvalue weighted by Crippen LogP contribution is -2.63. The molecule has 6 nitrogen and oxygen atoms in total. The van der Waals surface area contributed by atoms with Gasteiger partial charge in [0.2, 0.25) is 6.41 Å². The zero-order valence-corrected chi connectivity index (χ0v) is 11.6. The molecule has 0 aromatic heterocycles. The molecule has 1 rings (SSSR count). The molecule has 0 radical (unpaired) electrons. The van der Waals surface area contributed by atoms with Gasteiger partial charge in [-0.3, -0.25) is 4.79 Å². The molecule has 18 heavy (non-hydrogen) atoms. The molecular formula is C12H22N2O4. The van der Waals surface area contributed by atoms with Gasteiger partial charge in [0.1, 0.15) is 0 Å². The van der Waals surface area contributed by atoms with E-state index in [0.717, 1.165) is 4.90 Å². The van der Waals surface area contributed by atoms with E-state index >= 15 is 0 Å². The lowest BCUT2D eigenvalue weighted by Gasteiger charge is -2.52. The third-order valence-corrected chi connectivity index (χ3v) is 3.51. The third kappa shape index (κ3) is 2.64. The highest BCUT2D eigenvalue weighted by Crippen LogP contribution is 2.38. The van der Waals surface area contributed by atoms with E-state index in [4.69, 9.17) is 0 Å². The van der Waals surface area contributed by atoms with Crippen molar-refractivity contribution >= 4 is 12.5 Å². The Balaban J connectivity index is 2.98. The SMILES string of the molecule is COC(=O)N(C=O)C1CC(C)(C)N(O)C(C)(C)C1. The van der Waals surface area contributed by atoms with Gasteiger partial charge in [0, 0.05) is 17.1 Å². The number of carbonyl (C=O) groups excluding carboxylic acids is 2. The largest absolute Gasteiger partial charge is 0.452 e. The van der Waals surface area contributed by atoms with Crippen LogP contribution in [-0.4, -0.2) is 51.9 Å². The normalized spacial score (nSPS) is 23.4. The van der Waals surface area contributed by atoms with Gasteiger partial charge in [0.25, 0.3) is 0 Å². The van der Waals surface area contributed by atoms with E-state index in [1.165, 1.54) is 12.2 Å². The van der Waals surface area contributed by atoms with E-state index in [0.29, 0.717) is 19.3 Å². The standard InChI is InChI=1S/C12H22N2O4/c1-11(2)6-9(7-12(3,4)14(11)17)13(8-15)10(16)18-5/h8-9,17H,6-7H2,1-5H3. The summed E-state index contributed by atoms with van der Waals surface area (Å²) in [7, 11) is 1.25. The van der Waals surface area contributed by atoms with Crippen LogP contribution in [0.4, 0.5) is 4.79 Å². The summed E-state index contributed by atoms with van der Waals surface area (Å²) in [4.78, 5) is 23.7. The average molecular weight is 258 g/mol. The van der Waals surface area contributed by atoms with Crippen LogP contribution < -0.4 is 0 Å². The molecule has 1 fully saturated rings. The number of methoxy groups -OCH3 is 1. The molecule has 0 saturated carbocycles. The molecule has 1 saturated heterocycles. The summed E-state index contributed by atoms with van der Waals surface area (Å²) in [5.74, 6) is 0. The van der Waals surface area contributed by atoms with Crippen LogP contribution >= 0.6 is 0 Å². The summed E-state index contributed by atoms with van der Waals surface area (Å²) in [6.07, 6.45) is 0.838. The molecule has 104 valence electrons. The predicted octanol–water partition coefficient (Wildman–Crippen LogP) is 1.62. The first-order valence-electron chi connectivity index (χ1n) is 5.96. The topological polar surface area (TPSA) is 70.1 Å². The Kier molecular flexibility index (Phi) is 4.02. The van der Waals surface area contributed by atoms with Crippen molar-refractivity contribution in [2.75, 3.05) is 7.11 Å². The second-order valence-corrected chi connectivity index (χ2v) is 5.98. The number of hydroxylamine groups is 2.